The molecule has 0 radical (unpaired) electrons. The number of guanidine groups is 1. The first kappa shape index (κ1) is 25.9. The van der Waals surface area contributed by atoms with Crippen molar-refractivity contribution in [3.8, 4) is 11.5 Å². The molecule has 1 saturated heterocycles. The van der Waals surface area contributed by atoms with Crippen molar-refractivity contribution in [1.82, 2.24) is 15.5 Å². The molecule has 1 aliphatic heterocycles. The second-order valence-electron chi connectivity index (χ2n) is 8.02. The van der Waals surface area contributed by atoms with Gasteiger partial charge in [-0.2, -0.15) is 0 Å². The minimum absolute atomic E-state index is 0. The van der Waals surface area contributed by atoms with Gasteiger partial charge in [-0.3, -0.25) is 9.79 Å². The minimum atomic E-state index is -0.283. The predicted molar refractivity (Wildman–Crippen MR) is 136 cm³/mol. The molecule has 1 aliphatic rings. The fourth-order valence-corrected chi connectivity index (χ4v) is 3.52. The van der Waals surface area contributed by atoms with Crippen LogP contribution < -0.4 is 15.4 Å². The molecule has 2 N–H and O–H groups in total. The van der Waals surface area contributed by atoms with E-state index in [0.29, 0.717) is 18.0 Å². The van der Waals surface area contributed by atoms with Crippen molar-refractivity contribution >= 4 is 35.8 Å². The van der Waals surface area contributed by atoms with Crippen LogP contribution in [0, 0.1) is 11.7 Å². The van der Waals surface area contributed by atoms with Crippen LogP contribution in [-0.2, 0) is 11.2 Å². The minimum Gasteiger partial charge on any atom is -0.457 e. The molecule has 1 heterocycles. The molecule has 8 heteroatoms. The lowest BCUT2D eigenvalue weighted by molar-refractivity contribution is -0.133. The second kappa shape index (κ2) is 12.6. The van der Waals surface area contributed by atoms with Crippen LogP contribution in [0.25, 0.3) is 0 Å². The molecule has 2 aromatic rings. The van der Waals surface area contributed by atoms with Gasteiger partial charge < -0.3 is 20.3 Å². The van der Waals surface area contributed by atoms with Crippen LogP contribution in [0.5, 0.6) is 11.5 Å². The Labute approximate surface area is 206 Å². The van der Waals surface area contributed by atoms with E-state index in [1.54, 1.807) is 19.2 Å². The van der Waals surface area contributed by atoms with Crippen LogP contribution in [0.1, 0.15) is 25.8 Å². The van der Waals surface area contributed by atoms with Crippen LogP contribution in [0.15, 0.2) is 53.5 Å². The quantitative estimate of drug-likeness (QED) is 0.306. The van der Waals surface area contributed by atoms with Gasteiger partial charge in [0, 0.05) is 38.6 Å². The standard InChI is InChI=1S/C24H31FN4O2.HI/c1-17(2)23(30)29-15-13-20(16-29)28-24(26-3)27-14-12-18-4-8-21(9-5-18)31-22-10-6-19(25)7-11-22;/h4-11,17,20H,12-16H2,1-3H3,(H2,26,27,28);1H. The van der Waals surface area contributed by atoms with E-state index < -0.39 is 0 Å². The first-order chi connectivity index (χ1) is 14.9. The number of nitrogens with one attached hydrogen (secondary N) is 2. The van der Waals surface area contributed by atoms with Crippen molar-refractivity contribution in [2.24, 2.45) is 10.9 Å². The smallest absolute Gasteiger partial charge is 0.225 e. The lowest BCUT2D eigenvalue weighted by Gasteiger charge is -2.20. The summed E-state index contributed by atoms with van der Waals surface area (Å²) >= 11 is 0. The van der Waals surface area contributed by atoms with Gasteiger partial charge in [0.1, 0.15) is 17.3 Å². The van der Waals surface area contributed by atoms with Crippen LogP contribution in [0.2, 0.25) is 0 Å². The van der Waals surface area contributed by atoms with Crippen molar-refractivity contribution < 1.29 is 13.9 Å². The summed E-state index contributed by atoms with van der Waals surface area (Å²) in [5.41, 5.74) is 1.17. The maximum atomic E-state index is 13.0. The molecule has 1 fully saturated rings. The van der Waals surface area contributed by atoms with Gasteiger partial charge in [0.15, 0.2) is 5.96 Å². The first-order valence-corrected chi connectivity index (χ1v) is 10.7. The third-order valence-electron chi connectivity index (χ3n) is 5.24. The fraction of sp³-hybridized carbons (Fsp3) is 0.417. The highest BCUT2D eigenvalue weighted by atomic mass is 127. The van der Waals surface area contributed by atoms with E-state index in [1.165, 1.54) is 17.7 Å². The molecular weight excluding hydrogens is 522 g/mol. The Balaban J connectivity index is 0.00000363. The molecule has 174 valence electrons. The van der Waals surface area contributed by atoms with E-state index in [0.717, 1.165) is 31.9 Å². The summed E-state index contributed by atoms with van der Waals surface area (Å²) in [5, 5.41) is 6.75. The van der Waals surface area contributed by atoms with Crippen molar-refractivity contribution in [3.05, 3.63) is 59.9 Å². The Morgan fingerprint density at radius 2 is 1.78 bits per heavy atom. The lowest BCUT2D eigenvalue weighted by atomic mass is 10.1. The summed E-state index contributed by atoms with van der Waals surface area (Å²) in [4.78, 5) is 18.4. The van der Waals surface area contributed by atoms with Gasteiger partial charge in [-0.1, -0.05) is 26.0 Å². The van der Waals surface area contributed by atoms with Gasteiger partial charge in [0.2, 0.25) is 5.91 Å². The van der Waals surface area contributed by atoms with Crippen molar-refractivity contribution in [2.45, 2.75) is 32.7 Å². The van der Waals surface area contributed by atoms with Gasteiger partial charge in [0.05, 0.1) is 0 Å². The van der Waals surface area contributed by atoms with E-state index in [-0.39, 0.29) is 47.7 Å². The zero-order valence-electron chi connectivity index (χ0n) is 18.8. The van der Waals surface area contributed by atoms with Crippen molar-refractivity contribution in [2.75, 3.05) is 26.7 Å². The number of hydrogen-bond donors (Lipinski definition) is 2. The number of nitrogens with zero attached hydrogens (tertiary/aromatic N) is 2. The highest BCUT2D eigenvalue weighted by Crippen LogP contribution is 2.22. The second-order valence-corrected chi connectivity index (χ2v) is 8.02. The summed E-state index contributed by atoms with van der Waals surface area (Å²) in [6, 6.07) is 14.0. The van der Waals surface area contributed by atoms with E-state index in [4.69, 9.17) is 4.74 Å². The number of likely N-dealkylation sites (tertiary alicyclic amines) is 1. The van der Waals surface area contributed by atoms with Gasteiger partial charge in [-0.15, -0.1) is 24.0 Å². The van der Waals surface area contributed by atoms with Gasteiger partial charge in [-0.25, -0.2) is 4.39 Å². The molecule has 6 nitrogen and oxygen atoms in total. The molecule has 0 saturated carbocycles. The number of aliphatic imine (C=N–C) groups is 1. The zero-order valence-corrected chi connectivity index (χ0v) is 21.1. The number of hydrogen-bond acceptors (Lipinski definition) is 3. The number of ether oxygens (including phenoxy) is 1. The van der Waals surface area contributed by atoms with E-state index in [9.17, 15) is 9.18 Å². The summed E-state index contributed by atoms with van der Waals surface area (Å²) < 4.78 is 18.7. The number of carbonyl (C=O) groups is 1. The lowest BCUT2D eigenvalue weighted by Crippen LogP contribution is -2.45. The molecule has 1 amide bonds. The average molecular weight is 554 g/mol. The normalized spacial score (nSPS) is 16.0. The number of halogens is 2. The Morgan fingerprint density at radius 1 is 1.16 bits per heavy atom. The topological polar surface area (TPSA) is 66.0 Å². The predicted octanol–water partition coefficient (Wildman–Crippen LogP) is 4.20. The molecule has 0 spiro atoms. The number of amides is 1. The zero-order chi connectivity index (χ0) is 22.2. The van der Waals surface area contributed by atoms with Crippen LogP contribution in [0.4, 0.5) is 4.39 Å². The first-order valence-electron chi connectivity index (χ1n) is 10.7. The average Bonchev–Trinajstić information content (AvgIpc) is 3.23. The van der Waals surface area contributed by atoms with Crippen molar-refractivity contribution in [1.29, 1.82) is 0 Å². The molecule has 0 aliphatic carbocycles. The maximum absolute atomic E-state index is 13.0. The van der Waals surface area contributed by atoms with Gasteiger partial charge in [-0.05, 0) is 54.8 Å². The third-order valence-corrected chi connectivity index (χ3v) is 5.24. The molecular formula is C24H32FIN4O2. The molecule has 2 aromatic carbocycles. The molecule has 1 atom stereocenters. The van der Waals surface area contributed by atoms with Gasteiger partial charge >= 0.3 is 0 Å². The largest absolute Gasteiger partial charge is 0.457 e. The van der Waals surface area contributed by atoms with Crippen LogP contribution in [-0.4, -0.2) is 49.5 Å². The number of carbonyl (C=O) groups excluding carboxylic acids is 1. The monoisotopic (exact) mass is 554 g/mol. The van der Waals surface area contributed by atoms with Crippen LogP contribution in [0.3, 0.4) is 0 Å². The summed E-state index contributed by atoms with van der Waals surface area (Å²) in [7, 11) is 1.75. The maximum Gasteiger partial charge on any atom is 0.225 e. The molecule has 32 heavy (non-hydrogen) atoms. The Morgan fingerprint density at radius 3 is 2.38 bits per heavy atom. The summed E-state index contributed by atoms with van der Waals surface area (Å²) in [5.74, 6) is 2.02. The molecule has 1 unspecified atom stereocenters. The molecule has 3 rings (SSSR count). The molecule has 0 bridgehead atoms. The van der Waals surface area contributed by atoms with Gasteiger partial charge in [0.25, 0.3) is 0 Å². The molecule has 0 aromatic heterocycles. The Kier molecular flexibility index (Phi) is 10.2. The van der Waals surface area contributed by atoms with Crippen molar-refractivity contribution in [3.63, 3.8) is 0 Å². The number of rotatable bonds is 7. The Hall–Kier alpha value is -2.36. The van der Waals surface area contributed by atoms with E-state index >= 15 is 0 Å². The summed E-state index contributed by atoms with van der Waals surface area (Å²) in [6.07, 6.45) is 1.76. The summed E-state index contributed by atoms with van der Waals surface area (Å²) in [6.45, 7) is 6.11. The third kappa shape index (κ3) is 7.65. The Bertz CT molecular complexity index is 888. The van der Waals surface area contributed by atoms with Crippen LogP contribution >= 0.6 is 24.0 Å². The number of benzene rings is 2. The van der Waals surface area contributed by atoms with E-state index in [1.807, 2.05) is 43.0 Å². The fourth-order valence-electron chi connectivity index (χ4n) is 3.52. The van der Waals surface area contributed by atoms with E-state index in [2.05, 4.69) is 15.6 Å². The highest BCUT2D eigenvalue weighted by molar-refractivity contribution is 14.0. The highest BCUT2D eigenvalue weighted by Gasteiger charge is 2.27. The SMILES string of the molecule is CN=C(NCCc1ccc(Oc2ccc(F)cc2)cc1)NC1CCN(C(=O)C(C)C)C1.I.